The van der Waals surface area contributed by atoms with E-state index < -0.39 is 15.5 Å². The number of benzene rings is 2. The molecule has 1 atom stereocenters. The fourth-order valence-electron chi connectivity index (χ4n) is 3.81. The van der Waals surface area contributed by atoms with Crippen LogP contribution in [0.2, 0.25) is 0 Å². The van der Waals surface area contributed by atoms with Gasteiger partial charge in [0, 0.05) is 29.8 Å². The van der Waals surface area contributed by atoms with Gasteiger partial charge in [-0.25, -0.2) is 0 Å². The lowest BCUT2D eigenvalue weighted by molar-refractivity contribution is -0.119. The maximum Gasteiger partial charge on any atom is 0.516 e. The van der Waals surface area contributed by atoms with Crippen LogP contribution in [0.3, 0.4) is 0 Å². The SMILES string of the molecule is CCCC1NC(=O)C=CN1Cc1ccc2oc(-c3ccccc3NS(=O)(=O)C(F)(F)F)c(Br)c2c1. The quantitative estimate of drug-likeness (QED) is 0.380. The summed E-state index contributed by atoms with van der Waals surface area (Å²) in [7, 11) is -5.61. The standard InChI is InChI=1S/C23H21BrF3N3O4S/c1-2-5-19-28-20(31)10-11-30(19)13-14-8-9-18-16(12-14)21(24)22(34-18)15-6-3-4-7-17(15)29-35(32,33)23(25,26)27/h3-4,6-12,19,29H,2,5,13H2,1H3,(H,28,31). The Bertz CT molecular complexity index is 1400. The molecule has 1 amide bonds. The third kappa shape index (κ3) is 5.18. The van der Waals surface area contributed by atoms with Crippen molar-refractivity contribution in [1.29, 1.82) is 0 Å². The van der Waals surface area contributed by atoms with E-state index >= 15 is 0 Å². The summed E-state index contributed by atoms with van der Waals surface area (Å²) in [6, 6.07) is 11.2. The minimum Gasteiger partial charge on any atom is -0.455 e. The van der Waals surface area contributed by atoms with Crippen molar-refractivity contribution in [3.8, 4) is 11.3 Å². The number of furan rings is 1. The van der Waals surface area contributed by atoms with Crippen LogP contribution in [0.15, 0.2) is 63.6 Å². The molecule has 0 fully saturated rings. The van der Waals surface area contributed by atoms with E-state index in [4.69, 9.17) is 4.42 Å². The second kappa shape index (κ2) is 9.57. The monoisotopic (exact) mass is 571 g/mol. The number of halogens is 4. The predicted octanol–water partition coefficient (Wildman–Crippen LogP) is 5.70. The zero-order valence-corrected chi connectivity index (χ0v) is 20.8. The fourth-order valence-corrected chi connectivity index (χ4v) is 4.99. The number of carbonyl (C=O) groups is 1. The lowest BCUT2D eigenvalue weighted by Gasteiger charge is -2.33. The number of amides is 1. The normalized spacial score (nSPS) is 16.5. The molecule has 2 heterocycles. The Kier molecular flexibility index (Phi) is 6.87. The number of rotatable bonds is 7. The molecule has 0 aliphatic carbocycles. The van der Waals surface area contributed by atoms with Crippen molar-refractivity contribution in [2.24, 2.45) is 0 Å². The molecule has 1 unspecified atom stereocenters. The molecule has 7 nitrogen and oxygen atoms in total. The highest BCUT2D eigenvalue weighted by molar-refractivity contribution is 9.10. The first-order valence-corrected chi connectivity index (χ1v) is 12.9. The molecule has 0 spiro atoms. The molecule has 1 aliphatic rings. The number of sulfonamides is 1. The van der Waals surface area contributed by atoms with Gasteiger partial charge in [-0.3, -0.25) is 9.52 Å². The highest BCUT2D eigenvalue weighted by Gasteiger charge is 2.46. The summed E-state index contributed by atoms with van der Waals surface area (Å²) in [5, 5.41) is 3.60. The Morgan fingerprint density at radius 3 is 2.66 bits per heavy atom. The number of para-hydroxylation sites is 1. The molecular formula is C23H21BrF3N3O4S. The van der Waals surface area contributed by atoms with Crippen LogP contribution in [-0.2, 0) is 21.4 Å². The first-order valence-electron chi connectivity index (χ1n) is 10.6. The fraction of sp³-hybridized carbons (Fsp3) is 0.261. The van der Waals surface area contributed by atoms with Gasteiger partial charge in [0.05, 0.1) is 10.2 Å². The molecule has 1 aromatic heterocycles. The summed E-state index contributed by atoms with van der Waals surface area (Å²) in [5.74, 6) is 0.0452. The van der Waals surface area contributed by atoms with Crippen LogP contribution >= 0.6 is 15.9 Å². The minimum atomic E-state index is -5.61. The van der Waals surface area contributed by atoms with E-state index in [0.29, 0.717) is 22.0 Å². The molecule has 1 aliphatic heterocycles. The molecular weight excluding hydrogens is 551 g/mol. The van der Waals surface area contributed by atoms with Gasteiger partial charge >= 0.3 is 15.5 Å². The number of alkyl halides is 3. The maximum atomic E-state index is 12.9. The smallest absolute Gasteiger partial charge is 0.455 e. The molecule has 2 aromatic carbocycles. The van der Waals surface area contributed by atoms with E-state index in [0.717, 1.165) is 18.4 Å². The van der Waals surface area contributed by atoms with Crippen molar-refractivity contribution >= 4 is 48.5 Å². The largest absolute Gasteiger partial charge is 0.516 e. The van der Waals surface area contributed by atoms with E-state index in [2.05, 4.69) is 21.2 Å². The summed E-state index contributed by atoms with van der Waals surface area (Å²) in [5.41, 5.74) is -4.19. The number of nitrogens with zero attached hydrogens (tertiary/aromatic N) is 1. The van der Waals surface area contributed by atoms with Crippen molar-refractivity contribution in [2.45, 2.75) is 38.0 Å². The van der Waals surface area contributed by atoms with Gasteiger partial charge in [-0.2, -0.15) is 21.6 Å². The highest BCUT2D eigenvalue weighted by Crippen LogP contribution is 2.42. The Balaban J connectivity index is 1.68. The number of carbonyl (C=O) groups excluding carboxylic acids is 1. The molecule has 35 heavy (non-hydrogen) atoms. The van der Waals surface area contributed by atoms with E-state index in [1.54, 1.807) is 23.1 Å². The number of nitrogens with one attached hydrogen (secondary N) is 2. The van der Waals surface area contributed by atoms with Gasteiger partial charge in [-0.1, -0.05) is 31.5 Å². The van der Waals surface area contributed by atoms with Gasteiger partial charge < -0.3 is 14.6 Å². The molecule has 3 aromatic rings. The summed E-state index contributed by atoms with van der Waals surface area (Å²) in [4.78, 5) is 13.7. The van der Waals surface area contributed by atoms with Gasteiger partial charge in [0.2, 0.25) is 5.91 Å². The third-order valence-electron chi connectivity index (χ3n) is 5.47. The molecule has 12 heteroatoms. The van der Waals surface area contributed by atoms with E-state index in [1.165, 1.54) is 24.3 Å². The first-order chi connectivity index (χ1) is 16.5. The lowest BCUT2D eigenvalue weighted by atomic mass is 10.1. The van der Waals surface area contributed by atoms with Gasteiger partial charge in [0.1, 0.15) is 11.7 Å². The average Bonchev–Trinajstić information content (AvgIpc) is 3.11. The number of fused-ring (bicyclic) bond motifs is 1. The maximum absolute atomic E-state index is 12.9. The van der Waals surface area contributed by atoms with Crippen LogP contribution in [0, 0.1) is 0 Å². The minimum absolute atomic E-state index is 0.134. The van der Waals surface area contributed by atoms with Crippen molar-refractivity contribution in [2.75, 3.05) is 4.72 Å². The first kappa shape index (κ1) is 25.1. The molecule has 4 rings (SSSR count). The van der Waals surface area contributed by atoms with Crippen LogP contribution in [0.4, 0.5) is 18.9 Å². The van der Waals surface area contributed by atoms with Gasteiger partial charge in [-0.15, -0.1) is 0 Å². The van der Waals surface area contributed by atoms with Crippen molar-refractivity contribution in [3.05, 3.63) is 64.8 Å². The van der Waals surface area contributed by atoms with E-state index in [-0.39, 0.29) is 29.1 Å². The Hall–Kier alpha value is -2.99. The van der Waals surface area contributed by atoms with Crippen LogP contribution in [-0.4, -0.2) is 30.9 Å². The van der Waals surface area contributed by atoms with E-state index in [1.807, 2.05) is 24.0 Å². The Morgan fingerprint density at radius 2 is 1.94 bits per heavy atom. The average molecular weight is 572 g/mol. The summed E-state index contributed by atoms with van der Waals surface area (Å²) in [6.45, 7) is 2.54. The van der Waals surface area contributed by atoms with Crippen LogP contribution in [0.1, 0.15) is 25.3 Å². The predicted molar refractivity (Wildman–Crippen MR) is 129 cm³/mol. The van der Waals surface area contributed by atoms with Gasteiger partial charge in [0.25, 0.3) is 0 Å². The Labute approximate surface area is 208 Å². The van der Waals surface area contributed by atoms with Gasteiger partial charge in [0.15, 0.2) is 5.76 Å². The second-order valence-electron chi connectivity index (χ2n) is 7.97. The lowest BCUT2D eigenvalue weighted by Crippen LogP contribution is -2.47. The Morgan fingerprint density at radius 1 is 1.20 bits per heavy atom. The van der Waals surface area contributed by atoms with Crippen LogP contribution in [0.25, 0.3) is 22.3 Å². The van der Waals surface area contributed by atoms with Crippen LogP contribution < -0.4 is 10.0 Å². The number of anilines is 1. The van der Waals surface area contributed by atoms with Gasteiger partial charge in [-0.05, 0) is 52.2 Å². The van der Waals surface area contributed by atoms with Crippen LogP contribution in [0.5, 0.6) is 0 Å². The molecule has 0 saturated carbocycles. The molecule has 0 bridgehead atoms. The molecule has 0 radical (unpaired) electrons. The molecule has 2 N–H and O–H groups in total. The van der Waals surface area contributed by atoms with Crippen molar-refractivity contribution < 1.29 is 30.8 Å². The number of hydrogen-bond donors (Lipinski definition) is 2. The number of hydrogen-bond acceptors (Lipinski definition) is 5. The molecule has 186 valence electrons. The summed E-state index contributed by atoms with van der Waals surface area (Å²) in [6.07, 6.45) is 4.76. The molecule has 0 saturated heterocycles. The van der Waals surface area contributed by atoms with E-state index in [9.17, 15) is 26.4 Å². The third-order valence-corrected chi connectivity index (χ3v) is 7.35. The van der Waals surface area contributed by atoms with Crippen molar-refractivity contribution in [1.82, 2.24) is 10.2 Å². The summed E-state index contributed by atoms with van der Waals surface area (Å²) < 4.78 is 70.1. The zero-order valence-electron chi connectivity index (χ0n) is 18.4. The second-order valence-corrected chi connectivity index (χ2v) is 10.4. The summed E-state index contributed by atoms with van der Waals surface area (Å²) >= 11 is 3.47. The highest BCUT2D eigenvalue weighted by atomic mass is 79.9. The zero-order chi connectivity index (χ0) is 25.4. The topological polar surface area (TPSA) is 91.7 Å². The van der Waals surface area contributed by atoms with Crippen molar-refractivity contribution in [3.63, 3.8) is 0 Å².